The largest absolute Gasteiger partial charge is 0.496 e. The van der Waals surface area contributed by atoms with E-state index in [0.29, 0.717) is 11.5 Å². The molecule has 3 nitrogen and oxygen atoms in total. The molecule has 3 aliphatic rings. The van der Waals surface area contributed by atoms with Crippen molar-refractivity contribution in [2.24, 2.45) is 5.92 Å². The number of methoxy groups -OCH3 is 1. The molecule has 1 saturated carbocycles. The Balaban J connectivity index is 1.77. The van der Waals surface area contributed by atoms with Crippen LogP contribution in [0.15, 0.2) is 89.2 Å². The van der Waals surface area contributed by atoms with Crippen LogP contribution in [0.1, 0.15) is 30.4 Å². The molecule has 3 unspecified atom stereocenters. The van der Waals surface area contributed by atoms with Crippen LogP contribution in [0.5, 0.6) is 0 Å². The van der Waals surface area contributed by atoms with Gasteiger partial charge in [0.25, 0.3) is 0 Å². The molecule has 146 valence electrons. The van der Waals surface area contributed by atoms with Crippen LogP contribution < -0.4 is 0 Å². The minimum atomic E-state index is -0.299. The Morgan fingerprint density at radius 1 is 0.966 bits per heavy atom. The quantitative estimate of drug-likeness (QED) is 0.741. The van der Waals surface area contributed by atoms with E-state index in [-0.39, 0.29) is 17.8 Å². The number of carbonyl (C=O) groups is 1. The van der Waals surface area contributed by atoms with Gasteiger partial charge in [0.2, 0.25) is 0 Å². The van der Waals surface area contributed by atoms with Gasteiger partial charge in [-0.25, -0.2) is 0 Å². The van der Waals surface area contributed by atoms with Gasteiger partial charge in [-0.15, -0.1) is 0 Å². The Kier molecular flexibility index (Phi) is 4.48. The zero-order valence-electron chi connectivity index (χ0n) is 16.7. The second kappa shape index (κ2) is 7.16. The van der Waals surface area contributed by atoms with Gasteiger partial charge in [-0.1, -0.05) is 66.2 Å². The van der Waals surface area contributed by atoms with Crippen molar-refractivity contribution in [3.8, 4) is 0 Å². The first-order chi connectivity index (χ1) is 14.2. The smallest absolute Gasteiger partial charge is 0.175 e. The summed E-state index contributed by atoms with van der Waals surface area (Å²) in [5.41, 5.74) is 6.13. The summed E-state index contributed by atoms with van der Waals surface area (Å²) in [7, 11) is 1.68. The number of benzene rings is 2. The van der Waals surface area contributed by atoms with Crippen molar-refractivity contribution in [3.05, 3.63) is 100 Å². The number of fused-ring (bicyclic) bond motifs is 4. The number of ether oxygens (including phenoxy) is 2. The maximum Gasteiger partial charge on any atom is 0.175 e. The van der Waals surface area contributed by atoms with E-state index in [1.807, 2.05) is 54.6 Å². The van der Waals surface area contributed by atoms with Crippen molar-refractivity contribution in [2.45, 2.75) is 25.4 Å². The van der Waals surface area contributed by atoms with Crippen LogP contribution in [0.3, 0.4) is 0 Å². The van der Waals surface area contributed by atoms with Crippen LogP contribution in [0, 0.1) is 5.92 Å². The lowest BCUT2D eigenvalue weighted by atomic mass is 9.65. The van der Waals surface area contributed by atoms with Crippen molar-refractivity contribution in [2.75, 3.05) is 13.7 Å². The van der Waals surface area contributed by atoms with Crippen LogP contribution in [0.2, 0.25) is 0 Å². The number of hydrogen-bond acceptors (Lipinski definition) is 3. The van der Waals surface area contributed by atoms with Gasteiger partial charge in [-0.3, -0.25) is 4.79 Å². The number of Topliss-reactive ketones (excluding diaryl/α,β-unsaturated/α-hetero) is 1. The summed E-state index contributed by atoms with van der Waals surface area (Å²) in [5.74, 6) is 0.929. The summed E-state index contributed by atoms with van der Waals surface area (Å²) < 4.78 is 11.8. The molecule has 0 spiro atoms. The maximum absolute atomic E-state index is 13.9. The molecule has 2 aromatic rings. The second-order valence-corrected chi connectivity index (χ2v) is 7.90. The van der Waals surface area contributed by atoms with E-state index in [1.165, 1.54) is 5.57 Å². The molecular formula is C26H24O3. The molecule has 0 amide bonds. The standard InChI is InChI=1S/C26H24O3/c1-16-22(18-11-7-4-8-12-18)25(27)20(17-9-5-3-6-10-17)15-21(28-2)24-23(16)19-13-14-29-26(19)24/h3-12,15,19,22,26H,13-14H2,1-2H3/b20-15-,23-16-,24-21-. The Bertz CT molecular complexity index is 1040. The fourth-order valence-corrected chi connectivity index (χ4v) is 5.05. The molecule has 2 aliphatic carbocycles. The third-order valence-corrected chi connectivity index (χ3v) is 6.40. The first kappa shape index (κ1) is 18.1. The summed E-state index contributed by atoms with van der Waals surface area (Å²) in [6, 6.07) is 20.0. The number of allylic oxidation sites excluding steroid dienone is 3. The minimum Gasteiger partial charge on any atom is -0.496 e. The predicted molar refractivity (Wildman–Crippen MR) is 113 cm³/mol. The molecule has 3 atom stereocenters. The van der Waals surface area contributed by atoms with E-state index in [0.717, 1.165) is 41.1 Å². The fourth-order valence-electron chi connectivity index (χ4n) is 5.05. The fraction of sp³-hybridized carbons (Fsp3) is 0.269. The third-order valence-electron chi connectivity index (χ3n) is 6.40. The van der Waals surface area contributed by atoms with E-state index < -0.39 is 0 Å². The zero-order chi connectivity index (χ0) is 20.0. The molecule has 0 radical (unpaired) electrons. The highest BCUT2D eigenvalue weighted by molar-refractivity contribution is 6.25. The van der Waals surface area contributed by atoms with Gasteiger partial charge >= 0.3 is 0 Å². The second-order valence-electron chi connectivity index (χ2n) is 7.90. The summed E-state index contributed by atoms with van der Waals surface area (Å²) >= 11 is 0. The molecule has 0 N–H and O–H groups in total. The number of rotatable bonds is 3. The van der Waals surface area contributed by atoms with E-state index in [9.17, 15) is 4.79 Å². The predicted octanol–water partition coefficient (Wildman–Crippen LogP) is 5.07. The lowest BCUT2D eigenvalue weighted by molar-refractivity contribution is -0.114. The summed E-state index contributed by atoms with van der Waals surface area (Å²) in [5, 5.41) is 0. The minimum absolute atomic E-state index is 0.0767. The lowest BCUT2D eigenvalue weighted by Crippen LogP contribution is -2.38. The Labute approximate surface area is 171 Å². The van der Waals surface area contributed by atoms with Gasteiger partial charge in [-0.2, -0.15) is 0 Å². The Morgan fingerprint density at radius 3 is 2.34 bits per heavy atom. The summed E-state index contributed by atoms with van der Waals surface area (Å²) in [6.45, 7) is 2.87. The average Bonchev–Trinajstić information content (AvgIpc) is 3.14. The van der Waals surface area contributed by atoms with Gasteiger partial charge in [0.1, 0.15) is 5.76 Å². The number of carbonyl (C=O) groups excluding carboxylic acids is 1. The van der Waals surface area contributed by atoms with Gasteiger partial charge in [0.05, 0.1) is 19.1 Å². The highest BCUT2D eigenvalue weighted by Gasteiger charge is 2.50. The van der Waals surface area contributed by atoms with Crippen molar-refractivity contribution >= 4 is 11.4 Å². The highest BCUT2D eigenvalue weighted by atomic mass is 16.5. The SMILES string of the molecule is COC1=C2/C(=C(/C)C(c3ccccc3)C(=O)/C(c3ccccc3)=C\1)C1CCOC21. The Hall–Kier alpha value is -2.91. The molecule has 1 aliphatic heterocycles. The van der Waals surface area contributed by atoms with Crippen LogP contribution in [0.4, 0.5) is 0 Å². The normalized spacial score (nSPS) is 33.0. The van der Waals surface area contributed by atoms with E-state index >= 15 is 0 Å². The van der Waals surface area contributed by atoms with Crippen molar-refractivity contribution in [1.82, 2.24) is 0 Å². The summed E-state index contributed by atoms with van der Waals surface area (Å²) in [4.78, 5) is 13.9. The topological polar surface area (TPSA) is 35.5 Å². The van der Waals surface area contributed by atoms with Crippen molar-refractivity contribution in [3.63, 3.8) is 0 Å². The van der Waals surface area contributed by atoms with Crippen LogP contribution in [-0.4, -0.2) is 25.6 Å². The molecule has 0 aromatic heterocycles. The van der Waals surface area contributed by atoms with Gasteiger partial charge in [0.15, 0.2) is 5.78 Å². The third kappa shape index (κ3) is 2.80. The number of hydrogen-bond donors (Lipinski definition) is 0. The molecule has 1 saturated heterocycles. The van der Waals surface area contributed by atoms with E-state index in [2.05, 4.69) is 19.1 Å². The molecule has 3 heteroatoms. The maximum atomic E-state index is 13.9. The van der Waals surface area contributed by atoms with Crippen molar-refractivity contribution < 1.29 is 14.3 Å². The molecule has 1 heterocycles. The molecule has 2 fully saturated rings. The van der Waals surface area contributed by atoms with Gasteiger partial charge in [-0.05, 0) is 36.1 Å². The van der Waals surface area contributed by atoms with E-state index in [4.69, 9.17) is 9.47 Å². The highest BCUT2D eigenvalue weighted by Crippen LogP contribution is 2.54. The first-order valence-electron chi connectivity index (χ1n) is 10.2. The van der Waals surface area contributed by atoms with Crippen LogP contribution in [0.25, 0.3) is 5.57 Å². The van der Waals surface area contributed by atoms with Gasteiger partial charge < -0.3 is 9.47 Å². The summed E-state index contributed by atoms with van der Waals surface area (Å²) in [6.07, 6.45) is 3.00. The van der Waals surface area contributed by atoms with E-state index in [1.54, 1.807) is 7.11 Å². The average molecular weight is 384 g/mol. The van der Waals surface area contributed by atoms with Crippen LogP contribution >= 0.6 is 0 Å². The van der Waals surface area contributed by atoms with Crippen molar-refractivity contribution in [1.29, 1.82) is 0 Å². The van der Waals surface area contributed by atoms with Crippen LogP contribution in [-0.2, 0) is 14.3 Å². The Morgan fingerprint density at radius 2 is 1.66 bits per heavy atom. The zero-order valence-corrected chi connectivity index (χ0v) is 16.7. The molecule has 5 rings (SSSR count). The number of ketones is 1. The molecular weight excluding hydrogens is 360 g/mol. The lowest BCUT2D eigenvalue weighted by Gasteiger charge is -2.41. The molecule has 0 bridgehead atoms. The molecule has 29 heavy (non-hydrogen) atoms. The first-order valence-corrected chi connectivity index (χ1v) is 10.2. The molecule has 2 aromatic carbocycles. The van der Waals surface area contributed by atoms with Gasteiger partial charge in [0, 0.05) is 23.7 Å². The monoisotopic (exact) mass is 384 g/mol.